The summed E-state index contributed by atoms with van der Waals surface area (Å²) >= 11 is 0. The van der Waals surface area contributed by atoms with Crippen LogP contribution in [0, 0.1) is 0 Å². The maximum atomic E-state index is 13.0. The molecule has 1 aromatic heterocycles. The number of nitrogens with zero attached hydrogens (tertiary/aromatic N) is 2. The summed E-state index contributed by atoms with van der Waals surface area (Å²) in [6.45, 7) is 1.63. The quantitative estimate of drug-likeness (QED) is 0.808. The van der Waals surface area contributed by atoms with Crippen molar-refractivity contribution in [2.45, 2.75) is 6.04 Å². The second kappa shape index (κ2) is 6.94. The average molecular weight is 344 g/mol. The number of ether oxygens (including phenoxy) is 1. The summed E-state index contributed by atoms with van der Waals surface area (Å²) in [6.07, 6.45) is 1.19. The number of hydrogen-bond donors (Lipinski definition) is 2. The second-order valence-corrected chi connectivity index (χ2v) is 5.83. The summed E-state index contributed by atoms with van der Waals surface area (Å²) in [4.78, 5) is 40.9. The Balaban J connectivity index is 2.02. The van der Waals surface area contributed by atoms with Crippen LogP contribution in [0.15, 0.2) is 40.1 Å². The number of nitrogens with one attached hydrogen (secondary N) is 2. The molecule has 1 fully saturated rings. The zero-order valence-corrected chi connectivity index (χ0v) is 14.1. The monoisotopic (exact) mass is 344 g/mol. The molecular weight excluding hydrogens is 324 g/mol. The zero-order chi connectivity index (χ0) is 18.0. The zero-order valence-electron chi connectivity index (χ0n) is 14.1. The normalized spacial score (nSPS) is 17.4. The Morgan fingerprint density at radius 2 is 2.04 bits per heavy atom. The van der Waals surface area contributed by atoms with Gasteiger partial charge in [0.1, 0.15) is 11.3 Å². The number of amides is 1. The van der Waals surface area contributed by atoms with Crippen molar-refractivity contribution in [2.75, 3.05) is 26.7 Å². The van der Waals surface area contributed by atoms with Crippen LogP contribution in [0.25, 0.3) is 0 Å². The first kappa shape index (κ1) is 17.0. The Bertz CT molecular complexity index is 902. The van der Waals surface area contributed by atoms with Gasteiger partial charge in [0.15, 0.2) is 0 Å². The van der Waals surface area contributed by atoms with Crippen LogP contribution >= 0.6 is 0 Å². The largest absolute Gasteiger partial charge is 0.496 e. The van der Waals surface area contributed by atoms with Crippen LogP contribution in [-0.2, 0) is 7.05 Å². The van der Waals surface area contributed by atoms with Crippen LogP contribution in [0.1, 0.15) is 22.0 Å². The highest BCUT2D eigenvalue weighted by Crippen LogP contribution is 2.30. The second-order valence-electron chi connectivity index (χ2n) is 5.83. The van der Waals surface area contributed by atoms with Crippen molar-refractivity contribution in [3.05, 3.63) is 62.4 Å². The Morgan fingerprint density at radius 1 is 1.28 bits per heavy atom. The standard InChI is InChI=1S/C17H20N4O4/c1-20-15(22)12(9-19-17(20)24)16(23)21-8-7-18-10-13(21)11-5-3-4-6-14(11)25-2/h3-6,9,13,18H,7-8,10H2,1-2H3,(H,19,24). The van der Waals surface area contributed by atoms with Gasteiger partial charge in [-0.2, -0.15) is 0 Å². The molecule has 2 N–H and O–H groups in total. The number of aromatic nitrogens is 2. The third kappa shape index (κ3) is 3.08. The predicted octanol–water partition coefficient (Wildman–Crippen LogP) is -0.131. The summed E-state index contributed by atoms with van der Waals surface area (Å²) in [6, 6.07) is 7.22. The lowest BCUT2D eigenvalue weighted by molar-refractivity contribution is 0.0628. The van der Waals surface area contributed by atoms with Gasteiger partial charge in [-0.1, -0.05) is 18.2 Å². The molecule has 0 spiro atoms. The fraction of sp³-hybridized carbons (Fsp3) is 0.353. The van der Waals surface area contributed by atoms with E-state index >= 15 is 0 Å². The third-order valence-corrected chi connectivity index (χ3v) is 4.41. The molecular formula is C17H20N4O4. The van der Waals surface area contributed by atoms with E-state index < -0.39 is 17.2 Å². The van der Waals surface area contributed by atoms with Gasteiger partial charge in [0.2, 0.25) is 0 Å². The minimum absolute atomic E-state index is 0.0519. The summed E-state index contributed by atoms with van der Waals surface area (Å²) in [7, 11) is 2.92. The molecule has 8 nitrogen and oxygen atoms in total. The van der Waals surface area contributed by atoms with E-state index in [4.69, 9.17) is 4.74 Å². The minimum atomic E-state index is -0.606. The lowest BCUT2D eigenvalue weighted by atomic mass is 10.0. The molecule has 3 rings (SSSR count). The summed E-state index contributed by atoms with van der Waals surface area (Å²) in [5.74, 6) is 0.276. The van der Waals surface area contributed by atoms with Gasteiger partial charge in [0.25, 0.3) is 11.5 Å². The smallest absolute Gasteiger partial charge is 0.328 e. The van der Waals surface area contributed by atoms with E-state index in [1.165, 1.54) is 13.2 Å². The Morgan fingerprint density at radius 3 is 2.80 bits per heavy atom. The van der Waals surface area contributed by atoms with E-state index in [2.05, 4.69) is 10.3 Å². The lowest BCUT2D eigenvalue weighted by Gasteiger charge is -2.37. The van der Waals surface area contributed by atoms with Crippen molar-refractivity contribution in [1.29, 1.82) is 0 Å². The molecule has 0 bridgehead atoms. The number of hydrogen-bond acceptors (Lipinski definition) is 5. The van der Waals surface area contributed by atoms with Crippen LogP contribution in [0.2, 0.25) is 0 Å². The summed E-state index contributed by atoms with van der Waals surface area (Å²) in [5, 5.41) is 3.27. The Labute approximate surface area is 144 Å². The number of H-pyrrole nitrogens is 1. The van der Waals surface area contributed by atoms with Crippen molar-refractivity contribution >= 4 is 5.91 Å². The first-order chi connectivity index (χ1) is 12.0. The molecule has 0 aliphatic carbocycles. The van der Waals surface area contributed by atoms with Crippen LogP contribution in [0.5, 0.6) is 5.75 Å². The Hall–Kier alpha value is -2.87. The molecule has 1 aromatic carbocycles. The number of aromatic amines is 1. The van der Waals surface area contributed by atoms with Gasteiger partial charge in [-0.25, -0.2) is 4.79 Å². The van der Waals surface area contributed by atoms with Gasteiger partial charge in [0.05, 0.1) is 13.2 Å². The van der Waals surface area contributed by atoms with Gasteiger partial charge < -0.3 is 19.9 Å². The van der Waals surface area contributed by atoms with E-state index in [0.717, 1.165) is 10.1 Å². The molecule has 0 saturated carbocycles. The lowest BCUT2D eigenvalue weighted by Crippen LogP contribution is -2.50. The van der Waals surface area contributed by atoms with E-state index in [1.807, 2.05) is 24.3 Å². The number of benzene rings is 1. The van der Waals surface area contributed by atoms with Gasteiger partial charge in [-0.3, -0.25) is 14.2 Å². The van der Waals surface area contributed by atoms with Crippen LogP contribution in [0.4, 0.5) is 0 Å². The molecule has 8 heteroatoms. The molecule has 25 heavy (non-hydrogen) atoms. The molecule has 1 saturated heterocycles. The van der Waals surface area contributed by atoms with Gasteiger partial charge in [-0.15, -0.1) is 0 Å². The maximum absolute atomic E-state index is 13.0. The van der Waals surface area contributed by atoms with Crippen molar-refractivity contribution < 1.29 is 9.53 Å². The van der Waals surface area contributed by atoms with Crippen LogP contribution in [-0.4, -0.2) is 47.1 Å². The molecule has 132 valence electrons. The number of carbonyl (C=O) groups excluding carboxylic acids is 1. The molecule has 1 unspecified atom stereocenters. The molecule has 1 aliphatic rings. The highest BCUT2D eigenvalue weighted by Gasteiger charge is 2.31. The first-order valence-corrected chi connectivity index (χ1v) is 7.98. The summed E-state index contributed by atoms with van der Waals surface area (Å²) < 4.78 is 6.31. The predicted molar refractivity (Wildman–Crippen MR) is 91.9 cm³/mol. The van der Waals surface area contributed by atoms with Crippen molar-refractivity contribution in [1.82, 2.24) is 19.8 Å². The molecule has 2 aromatic rings. The van der Waals surface area contributed by atoms with E-state index in [1.54, 1.807) is 12.0 Å². The van der Waals surface area contributed by atoms with Gasteiger partial charge >= 0.3 is 5.69 Å². The highest BCUT2D eigenvalue weighted by atomic mass is 16.5. The average Bonchev–Trinajstić information content (AvgIpc) is 2.65. The number of carbonyl (C=O) groups is 1. The van der Waals surface area contributed by atoms with Crippen molar-refractivity contribution in [2.24, 2.45) is 7.05 Å². The molecule has 1 atom stereocenters. The van der Waals surface area contributed by atoms with E-state index in [9.17, 15) is 14.4 Å². The van der Waals surface area contributed by atoms with E-state index in [0.29, 0.717) is 25.4 Å². The number of para-hydroxylation sites is 1. The fourth-order valence-electron chi connectivity index (χ4n) is 3.04. The number of piperazine rings is 1. The van der Waals surface area contributed by atoms with Crippen LogP contribution in [0.3, 0.4) is 0 Å². The molecule has 1 amide bonds. The first-order valence-electron chi connectivity index (χ1n) is 7.98. The maximum Gasteiger partial charge on any atom is 0.328 e. The minimum Gasteiger partial charge on any atom is -0.496 e. The third-order valence-electron chi connectivity index (χ3n) is 4.41. The van der Waals surface area contributed by atoms with Crippen molar-refractivity contribution in [3.8, 4) is 5.75 Å². The SMILES string of the molecule is COc1ccccc1C1CNCCN1C(=O)c1c[nH]c(=O)n(C)c1=O. The fourth-order valence-corrected chi connectivity index (χ4v) is 3.04. The van der Waals surface area contributed by atoms with Gasteiger partial charge in [0, 0.05) is 38.4 Å². The molecule has 1 aliphatic heterocycles. The molecule has 0 radical (unpaired) electrons. The molecule has 2 heterocycles. The van der Waals surface area contributed by atoms with Crippen molar-refractivity contribution in [3.63, 3.8) is 0 Å². The number of rotatable bonds is 3. The van der Waals surface area contributed by atoms with E-state index in [-0.39, 0.29) is 11.6 Å². The number of methoxy groups -OCH3 is 1. The van der Waals surface area contributed by atoms with Crippen LogP contribution < -0.4 is 21.3 Å². The van der Waals surface area contributed by atoms with Gasteiger partial charge in [-0.05, 0) is 6.07 Å². The highest BCUT2D eigenvalue weighted by molar-refractivity contribution is 5.94. The summed E-state index contributed by atoms with van der Waals surface area (Å²) in [5.41, 5.74) is -0.343. The topological polar surface area (TPSA) is 96.4 Å². The Kier molecular flexibility index (Phi) is 4.71.